The number of nitrogens with one attached hydrogen (secondary N) is 1. The fourth-order valence-electron chi connectivity index (χ4n) is 3.66. The molecular formula is C23H26N6O5S. The average Bonchev–Trinajstić information content (AvgIpc) is 3.34. The topological polar surface area (TPSA) is 138 Å². The highest BCUT2D eigenvalue weighted by molar-refractivity contribution is 7.98. The molecule has 11 nitrogen and oxygen atoms in total. The zero-order valence-corrected chi connectivity index (χ0v) is 20.8. The Morgan fingerprint density at radius 3 is 2.80 bits per heavy atom. The number of aromatic amines is 1. The molecular weight excluding hydrogens is 472 g/mol. The number of rotatable bonds is 9. The number of aromatic nitrogens is 6. The van der Waals surface area contributed by atoms with Crippen LogP contribution in [-0.4, -0.2) is 35.2 Å². The first-order chi connectivity index (χ1) is 16.8. The first-order valence-corrected chi connectivity index (χ1v) is 12.2. The Hall–Kier alpha value is -3.67. The van der Waals surface area contributed by atoms with Gasteiger partial charge in [-0.3, -0.25) is 14.3 Å². The van der Waals surface area contributed by atoms with Crippen LogP contribution in [-0.2, 0) is 30.7 Å². The molecule has 0 saturated heterocycles. The molecule has 4 aromatic rings. The first-order valence-electron chi connectivity index (χ1n) is 11.2. The molecule has 1 N–H and O–H groups in total. The van der Waals surface area contributed by atoms with Gasteiger partial charge in [0.1, 0.15) is 23.2 Å². The second-order valence-corrected chi connectivity index (χ2v) is 9.01. The number of pyridine rings is 1. The van der Waals surface area contributed by atoms with Crippen molar-refractivity contribution in [1.29, 1.82) is 0 Å². The highest BCUT2D eigenvalue weighted by atomic mass is 32.2. The summed E-state index contributed by atoms with van der Waals surface area (Å²) in [5.74, 6) is 1.05. The Morgan fingerprint density at radius 2 is 2.09 bits per heavy atom. The van der Waals surface area contributed by atoms with E-state index in [9.17, 15) is 14.4 Å². The van der Waals surface area contributed by atoms with E-state index in [1.807, 2.05) is 20.8 Å². The van der Waals surface area contributed by atoms with Crippen LogP contribution in [0.15, 0.2) is 37.5 Å². The second kappa shape index (κ2) is 10.3. The Kier molecular flexibility index (Phi) is 7.20. The van der Waals surface area contributed by atoms with Crippen LogP contribution in [0.4, 0.5) is 0 Å². The van der Waals surface area contributed by atoms with Crippen LogP contribution >= 0.6 is 11.8 Å². The fraction of sp³-hybridized carbons (Fsp3) is 0.391. The molecule has 4 aromatic heterocycles. The van der Waals surface area contributed by atoms with Crippen molar-refractivity contribution in [2.45, 2.75) is 57.5 Å². The standard InChI is InChI=1S/C23H26N6O5S/c1-5-6-10-29-19-18(20(30)26-23(29)32)28(4)17(25-19)11-33-22(31)15-8-7-9-24-21(15)35-12-16-13(2)27-34-14(16)3/h7-9H,5-6,10-12H2,1-4H3,(H,26,30,32). The van der Waals surface area contributed by atoms with Gasteiger partial charge in [0, 0.05) is 31.1 Å². The summed E-state index contributed by atoms with van der Waals surface area (Å²) in [6.07, 6.45) is 3.25. The van der Waals surface area contributed by atoms with E-state index < -0.39 is 17.2 Å². The molecule has 0 atom stereocenters. The van der Waals surface area contributed by atoms with Crippen molar-refractivity contribution in [1.82, 2.24) is 29.2 Å². The number of thioether (sulfide) groups is 1. The van der Waals surface area contributed by atoms with E-state index in [2.05, 4.69) is 20.1 Å². The third-order valence-corrected chi connectivity index (χ3v) is 6.73. The van der Waals surface area contributed by atoms with Gasteiger partial charge in [-0.25, -0.2) is 19.6 Å². The normalized spacial score (nSPS) is 11.3. The zero-order chi connectivity index (χ0) is 25.1. The van der Waals surface area contributed by atoms with Gasteiger partial charge in [-0.1, -0.05) is 18.5 Å². The van der Waals surface area contributed by atoms with Crippen LogP contribution < -0.4 is 11.2 Å². The number of unbranched alkanes of at least 4 members (excludes halogenated alkanes) is 1. The quantitative estimate of drug-likeness (QED) is 0.273. The molecule has 0 bridgehead atoms. The summed E-state index contributed by atoms with van der Waals surface area (Å²) in [5, 5.41) is 4.47. The number of aryl methyl sites for hydroxylation is 4. The molecule has 0 aromatic carbocycles. The predicted molar refractivity (Wildman–Crippen MR) is 129 cm³/mol. The predicted octanol–water partition coefficient (Wildman–Crippen LogP) is 2.87. The maximum atomic E-state index is 12.9. The summed E-state index contributed by atoms with van der Waals surface area (Å²) in [4.78, 5) is 48.8. The van der Waals surface area contributed by atoms with Gasteiger partial charge in [0.25, 0.3) is 5.56 Å². The van der Waals surface area contributed by atoms with E-state index in [1.54, 1.807) is 29.9 Å². The third-order valence-electron chi connectivity index (χ3n) is 5.70. The molecule has 0 radical (unpaired) electrons. The zero-order valence-electron chi connectivity index (χ0n) is 20.0. The molecule has 0 aliphatic carbocycles. The Morgan fingerprint density at radius 1 is 1.29 bits per heavy atom. The number of imidazole rings is 1. The maximum Gasteiger partial charge on any atom is 0.341 e. The minimum Gasteiger partial charge on any atom is -0.454 e. The number of esters is 1. The third kappa shape index (κ3) is 4.92. The molecule has 0 aliphatic rings. The summed E-state index contributed by atoms with van der Waals surface area (Å²) >= 11 is 1.39. The fourth-order valence-corrected chi connectivity index (χ4v) is 4.80. The van der Waals surface area contributed by atoms with E-state index in [0.29, 0.717) is 28.7 Å². The van der Waals surface area contributed by atoms with Crippen molar-refractivity contribution in [3.05, 3.63) is 67.6 Å². The molecule has 0 unspecified atom stereocenters. The van der Waals surface area contributed by atoms with Crippen LogP contribution in [0.3, 0.4) is 0 Å². The minimum atomic E-state index is -0.566. The van der Waals surface area contributed by atoms with Gasteiger partial charge in [-0.05, 0) is 32.4 Å². The van der Waals surface area contributed by atoms with Crippen LogP contribution in [0.25, 0.3) is 11.2 Å². The Labute approximate surface area is 204 Å². The first kappa shape index (κ1) is 24.5. The van der Waals surface area contributed by atoms with Gasteiger partial charge in [-0.15, -0.1) is 11.8 Å². The van der Waals surface area contributed by atoms with Gasteiger partial charge in [0.2, 0.25) is 0 Å². The molecule has 184 valence electrons. The lowest BCUT2D eigenvalue weighted by atomic mass is 10.2. The van der Waals surface area contributed by atoms with Crippen molar-refractivity contribution in [3.8, 4) is 0 Å². The lowest BCUT2D eigenvalue weighted by molar-refractivity contribution is 0.0454. The molecule has 0 fully saturated rings. The van der Waals surface area contributed by atoms with Gasteiger partial charge in [0.15, 0.2) is 11.2 Å². The lowest BCUT2D eigenvalue weighted by Gasteiger charge is -2.08. The molecule has 12 heteroatoms. The number of carbonyl (C=O) groups is 1. The van der Waals surface area contributed by atoms with E-state index >= 15 is 0 Å². The molecule has 4 rings (SSSR count). The summed E-state index contributed by atoms with van der Waals surface area (Å²) in [6, 6.07) is 3.31. The SMILES string of the molecule is CCCCn1c(=O)[nH]c(=O)c2c1nc(COC(=O)c1cccnc1SCc1c(C)noc1C)n2C. The van der Waals surface area contributed by atoms with Gasteiger partial charge in [0.05, 0.1) is 11.3 Å². The molecule has 0 spiro atoms. The smallest absolute Gasteiger partial charge is 0.341 e. The number of hydrogen-bond donors (Lipinski definition) is 1. The number of nitrogens with zero attached hydrogens (tertiary/aromatic N) is 5. The minimum absolute atomic E-state index is 0.172. The van der Waals surface area contributed by atoms with Crippen molar-refractivity contribution < 1.29 is 14.1 Å². The Bertz CT molecular complexity index is 1480. The van der Waals surface area contributed by atoms with Crippen LogP contribution in [0.2, 0.25) is 0 Å². The van der Waals surface area contributed by atoms with Crippen LogP contribution in [0, 0.1) is 13.8 Å². The van der Waals surface area contributed by atoms with Gasteiger partial charge >= 0.3 is 11.7 Å². The molecule has 4 heterocycles. The average molecular weight is 499 g/mol. The number of fused-ring (bicyclic) bond motifs is 1. The van der Waals surface area contributed by atoms with Crippen LogP contribution in [0.1, 0.15) is 53.0 Å². The van der Waals surface area contributed by atoms with Gasteiger partial charge in [-0.2, -0.15) is 0 Å². The molecule has 0 aliphatic heterocycles. The summed E-state index contributed by atoms with van der Waals surface area (Å²) in [6.45, 7) is 5.97. The number of ether oxygens (including phenoxy) is 1. The van der Waals surface area contributed by atoms with E-state index in [-0.39, 0.29) is 17.8 Å². The van der Waals surface area contributed by atoms with Gasteiger partial charge < -0.3 is 13.8 Å². The second-order valence-electron chi connectivity index (χ2n) is 8.05. The maximum absolute atomic E-state index is 12.9. The van der Waals surface area contributed by atoms with E-state index in [1.165, 1.54) is 16.3 Å². The van der Waals surface area contributed by atoms with Crippen molar-refractivity contribution in [3.63, 3.8) is 0 Å². The lowest BCUT2D eigenvalue weighted by Crippen LogP contribution is -2.31. The number of H-pyrrole nitrogens is 1. The molecule has 0 amide bonds. The summed E-state index contributed by atoms with van der Waals surface area (Å²) in [7, 11) is 1.65. The molecule has 0 saturated carbocycles. The van der Waals surface area contributed by atoms with Crippen molar-refractivity contribution in [2.24, 2.45) is 7.05 Å². The highest BCUT2D eigenvalue weighted by Gasteiger charge is 2.20. The highest BCUT2D eigenvalue weighted by Crippen LogP contribution is 2.27. The number of hydrogen-bond acceptors (Lipinski definition) is 9. The van der Waals surface area contributed by atoms with E-state index in [0.717, 1.165) is 29.9 Å². The molecule has 35 heavy (non-hydrogen) atoms. The monoisotopic (exact) mass is 498 g/mol. The summed E-state index contributed by atoms with van der Waals surface area (Å²) < 4.78 is 13.7. The van der Waals surface area contributed by atoms with Crippen LogP contribution in [0.5, 0.6) is 0 Å². The summed E-state index contributed by atoms with van der Waals surface area (Å²) in [5.41, 5.74) is 1.56. The van der Waals surface area contributed by atoms with E-state index in [4.69, 9.17) is 9.26 Å². The Balaban J connectivity index is 1.55. The van der Waals surface area contributed by atoms with Crippen molar-refractivity contribution >= 4 is 28.9 Å². The van der Waals surface area contributed by atoms with Crippen molar-refractivity contribution in [2.75, 3.05) is 0 Å². The largest absolute Gasteiger partial charge is 0.454 e. The number of carbonyl (C=O) groups excluding carboxylic acids is 1.